The first-order valence-corrected chi connectivity index (χ1v) is 10.6. The van der Waals surface area contributed by atoms with Gasteiger partial charge >= 0.3 is 0 Å². The Morgan fingerprint density at radius 2 is 1.90 bits per heavy atom. The molecule has 7 heteroatoms. The first-order chi connectivity index (χ1) is 14.2. The molecule has 4 rings (SSSR count). The van der Waals surface area contributed by atoms with Crippen molar-refractivity contribution in [3.63, 3.8) is 0 Å². The van der Waals surface area contributed by atoms with E-state index in [1.807, 2.05) is 42.5 Å². The van der Waals surface area contributed by atoms with Crippen molar-refractivity contribution in [2.75, 3.05) is 13.2 Å². The molecule has 0 N–H and O–H groups in total. The Bertz CT molecular complexity index is 1060. The first-order valence-electron chi connectivity index (χ1n) is 9.63. The molecule has 0 saturated heterocycles. The highest BCUT2D eigenvalue weighted by Gasteiger charge is 2.19. The summed E-state index contributed by atoms with van der Waals surface area (Å²) in [5, 5.41) is 19.0. The van der Waals surface area contributed by atoms with E-state index in [1.165, 1.54) is 0 Å². The molecule has 1 aromatic heterocycles. The van der Waals surface area contributed by atoms with Gasteiger partial charge in [0.15, 0.2) is 22.5 Å². The highest BCUT2D eigenvalue weighted by Crippen LogP contribution is 2.36. The molecule has 0 aliphatic carbocycles. The van der Waals surface area contributed by atoms with Crippen molar-refractivity contribution in [3.05, 3.63) is 53.6 Å². The van der Waals surface area contributed by atoms with E-state index in [4.69, 9.17) is 9.47 Å². The molecule has 0 atom stereocenters. The van der Waals surface area contributed by atoms with Crippen LogP contribution in [0.3, 0.4) is 0 Å². The summed E-state index contributed by atoms with van der Waals surface area (Å²) in [5.41, 5.74) is 2.63. The van der Waals surface area contributed by atoms with Gasteiger partial charge in [-0.2, -0.15) is 5.26 Å². The van der Waals surface area contributed by atoms with Crippen LogP contribution in [-0.4, -0.2) is 28.0 Å². The number of fused-ring (bicyclic) bond motifs is 1. The van der Waals surface area contributed by atoms with Crippen LogP contribution in [0.2, 0.25) is 0 Å². The van der Waals surface area contributed by atoms with Crippen LogP contribution >= 0.6 is 11.8 Å². The summed E-state index contributed by atoms with van der Waals surface area (Å²) < 4.78 is 13.7. The average Bonchev–Trinajstić information content (AvgIpc) is 3.03. The highest BCUT2D eigenvalue weighted by molar-refractivity contribution is 7.98. The van der Waals surface area contributed by atoms with Crippen LogP contribution in [0, 0.1) is 11.3 Å². The number of nitriles is 1. The van der Waals surface area contributed by atoms with Crippen LogP contribution in [-0.2, 0) is 5.75 Å². The largest absolute Gasteiger partial charge is 0.490 e. The number of nitrogens with zero attached hydrogens (tertiary/aromatic N) is 4. The van der Waals surface area contributed by atoms with E-state index in [1.54, 1.807) is 11.8 Å². The lowest BCUT2D eigenvalue weighted by molar-refractivity contribution is 0.297. The van der Waals surface area contributed by atoms with Crippen molar-refractivity contribution in [2.24, 2.45) is 0 Å². The number of hydrogen-bond donors (Lipinski definition) is 0. The van der Waals surface area contributed by atoms with Crippen LogP contribution in [0.15, 0.2) is 47.6 Å². The minimum absolute atomic E-state index is 0.185. The van der Waals surface area contributed by atoms with Gasteiger partial charge < -0.3 is 9.47 Å². The fraction of sp³-hybridized carbons (Fsp3) is 0.318. The van der Waals surface area contributed by atoms with Gasteiger partial charge in [-0.05, 0) is 43.7 Å². The monoisotopic (exact) mass is 406 g/mol. The fourth-order valence-electron chi connectivity index (χ4n) is 3.24. The third kappa shape index (κ3) is 4.08. The molecule has 0 radical (unpaired) electrons. The van der Waals surface area contributed by atoms with Crippen molar-refractivity contribution >= 4 is 11.8 Å². The normalized spacial score (nSPS) is 13.2. The maximum Gasteiger partial charge on any atom is 0.192 e. The van der Waals surface area contributed by atoms with Crippen molar-refractivity contribution in [1.82, 2.24) is 14.8 Å². The Labute approximate surface area is 174 Å². The zero-order valence-electron chi connectivity index (χ0n) is 16.5. The van der Waals surface area contributed by atoms with E-state index in [0.717, 1.165) is 40.0 Å². The summed E-state index contributed by atoms with van der Waals surface area (Å²) in [6, 6.07) is 16.0. The van der Waals surface area contributed by atoms with E-state index in [-0.39, 0.29) is 6.04 Å². The van der Waals surface area contributed by atoms with E-state index < -0.39 is 0 Å². The van der Waals surface area contributed by atoms with Gasteiger partial charge in [0, 0.05) is 23.8 Å². The summed E-state index contributed by atoms with van der Waals surface area (Å²) >= 11 is 1.59. The minimum atomic E-state index is 0.185. The maximum absolute atomic E-state index is 9.31. The number of rotatable bonds is 5. The van der Waals surface area contributed by atoms with E-state index in [0.29, 0.717) is 24.5 Å². The number of hydrogen-bond acceptors (Lipinski definition) is 6. The summed E-state index contributed by atoms with van der Waals surface area (Å²) in [6.07, 6.45) is 0.872. The van der Waals surface area contributed by atoms with E-state index in [2.05, 4.69) is 34.7 Å². The molecule has 0 amide bonds. The molecule has 6 nitrogen and oxygen atoms in total. The molecule has 0 spiro atoms. The molecule has 0 bridgehead atoms. The molecule has 2 aromatic carbocycles. The average molecular weight is 407 g/mol. The molecule has 0 fully saturated rings. The van der Waals surface area contributed by atoms with Crippen molar-refractivity contribution in [1.29, 1.82) is 5.26 Å². The van der Waals surface area contributed by atoms with Gasteiger partial charge in [0.1, 0.15) is 0 Å². The van der Waals surface area contributed by atoms with E-state index >= 15 is 0 Å². The second-order valence-electron chi connectivity index (χ2n) is 7.04. The Morgan fingerprint density at radius 1 is 1.10 bits per heavy atom. The number of aromatic nitrogens is 3. The lowest BCUT2D eigenvalue weighted by atomic mass is 10.1. The molecule has 148 valence electrons. The predicted molar refractivity (Wildman–Crippen MR) is 112 cm³/mol. The summed E-state index contributed by atoms with van der Waals surface area (Å²) in [5.74, 6) is 2.97. The third-order valence-corrected chi connectivity index (χ3v) is 5.67. The molecule has 29 heavy (non-hydrogen) atoms. The summed E-state index contributed by atoms with van der Waals surface area (Å²) in [7, 11) is 0. The number of benzene rings is 2. The van der Waals surface area contributed by atoms with Crippen LogP contribution in [0.25, 0.3) is 11.4 Å². The Hall–Kier alpha value is -2.98. The lowest BCUT2D eigenvalue weighted by Crippen LogP contribution is -2.05. The maximum atomic E-state index is 9.31. The van der Waals surface area contributed by atoms with Gasteiger partial charge in [0.25, 0.3) is 0 Å². The highest BCUT2D eigenvalue weighted by atomic mass is 32.2. The molecular weight excluding hydrogens is 384 g/mol. The zero-order chi connectivity index (χ0) is 20.2. The Balaban J connectivity index is 1.64. The second kappa shape index (κ2) is 8.58. The van der Waals surface area contributed by atoms with Crippen LogP contribution < -0.4 is 9.47 Å². The Morgan fingerprint density at radius 3 is 2.69 bits per heavy atom. The van der Waals surface area contributed by atoms with Gasteiger partial charge in [-0.25, -0.2) is 0 Å². The van der Waals surface area contributed by atoms with Gasteiger partial charge in [0.2, 0.25) is 0 Å². The fourth-order valence-corrected chi connectivity index (χ4v) is 4.31. The summed E-state index contributed by atoms with van der Waals surface area (Å²) in [4.78, 5) is 0. The molecule has 0 saturated carbocycles. The second-order valence-corrected chi connectivity index (χ2v) is 7.98. The molecule has 1 aliphatic heterocycles. The third-order valence-electron chi connectivity index (χ3n) is 4.68. The molecule has 0 unspecified atom stereocenters. The number of thioether (sulfide) groups is 1. The van der Waals surface area contributed by atoms with Crippen molar-refractivity contribution in [3.8, 4) is 29.0 Å². The van der Waals surface area contributed by atoms with Crippen LogP contribution in [0.5, 0.6) is 11.5 Å². The quantitative estimate of drug-likeness (QED) is 0.564. The smallest absolute Gasteiger partial charge is 0.192 e. The standard InChI is InChI=1S/C22H22N4O2S/c1-15(2)26-21(16-8-9-19-20(12-16)28-11-5-10-27-19)24-25-22(26)29-14-18-7-4-3-6-17(18)13-23/h3-4,6-9,12,15H,5,10-11,14H2,1-2H3. The lowest BCUT2D eigenvalue weighted by Gasteiger charge is -2.15. The first kappa shape index (κ1) is 19.3. The molecule has 1 aliphatic rings. The van der Waals surface area contributed by atoms with Gasteiger partial charge in [0.05, 0.1) is 24.8 Å². The molecule has 2 heterocycles. The SMILES string of the molecule is CC(C)n1c(SCc2ccccc2C#N)nnc1-c1ccc2c(c1)OCCCO2. The minimum Gasteiger partial charge on any atom is -0.490 e. The van der Waals surface area contributed by atoms with Gasteiger partial charge in [-0.1, -0.05) is 30.0 Å². The topological polar surface area (TPSA) is 73.0 Å². The predicted octanol–water partition coefficient (Wildman–Crippen LogP) is 4.85. The van der Waals surface area contributed by atoms with Crippen LogP contribution in [0.1, 0.15) is 37.4 Å². The van der Waals surface area contributed by atoms with E-state index in [9.17, 15) is 5.26 Å². The number of ether oxygens (including phenoxy) is 2. The Kier molecular flexibility index (Phi) is 5.72. The molecular formula is C22H22N4O2S. The van der Waals surface area contributed by atoms with Gasteiger partial charge in [-0.15, -0.1) is 10.2 Å². The van der Waals surface area contributed by atoms with Crippen molar-refractivity contribution in [2.45, 2.75) is 37.2 Å². The summed E-state index contributed by atoms with van der Waals surface area (Å²) in [6.45, 7) is 5.54. The van der Waals surface area contributed by atoms with Crippen LogP contribution in [0.4, 0.5) is 0 Å². The molecule has 3 aromatic rings. The van der Waals surface area contributed by atoms with Crippen molar-refractivity contribution < 1.29 is 9.47 Å². The zero-order valence-corrected chi connectivity index (χ0v) is 17.3. The van der Waals surface area contributed by atoms with Gasteiger partial charge in [-0.3, -0.25) is 4.57 Å².